The molecule has 40 heavy (non-hydrogen) atoms. The van der Waals surface area contributed by atoms with E-state index in [1.165, 1.54) is 37.7 Å². The first kappa shape index (κ1) is 28.8. The molecule has 8 rings (SSSR count). The molecule has 0 aromatic heterocycles. The molecular weight excluding hydrogens is 538 g/mol. The average Bonchev–Trinajstić information content (AvgIpc) is 2.93. The quantitative estimate of drug-likeness (QED) is 0.399. The van der Waals surface area contributed by atoms with E-state index < -0.39 is 21.7 Å². The maximum Gasteiger partial charge on any atom is 0.261 e. The normalized spacial score (nSPS) is 39.2. The van der Waals surface area contributed by atoms with Crippen molar-refractivity contribution >= 4 is 10.1 Å². The Balaban J connectivity index is 0.000000534. The fraction of sp³-hybridized carbons (Fsp3) is 0.793. The molecule has 2 aliphatic heterocycles. The second-order valence-electron chi connectivity index (χ2n) is 12.6. The van der Waals surface area contributed by atoms with E-state index in [1.807, 2.05) is 0 Å². The summed E-state index contributed by atoms with van der Waals surface area (Å²) in [6, 6.07) is 8.64. The smallest absolute Gasteiger partial charge is 0.261 e. The minimum atomic E-state index is -3.67. The molecule has 2 heterocycles. The Hall–Kier alpha value is -1.31. The Morgan fingerprint density at radius 3 is 2.00 bits per heavy atom. The summed E-state index contributed by atoms with van der Waals surface area (Å²) in [6.45, 7) is 5.31. The first-order chi connectivity index (χ1) is 19.2. The number of benzene rings is 1. The summed E-state index contributed by atoms with van der Waals surface area (Å²) in [7, 11) is -3.67. The molecule has 2 spiro atoms. The van der Waals surface area contributed by atoms with E-state index in [-0.39, 0.29) is 0 Å². The summed E-state index contributed by atoms with van der Waals surface area (Å²) in [5.41, 5.74) is 1.36. The number of nitrogens with zero attached hydrogens (tertiary/aromatic N) is 1. The van der Waals surface area contributed by atoms with Gasteiger partial charge in [0.1, 0.15) is 12.4 Å². The first-order valence-corrected chi connectivity index (χ1v) is 16.7. The number of ether oxygens (including phenoxy) is 2. The average molecular weight is 582 g/mol. The Bertz CT molecular complexity index is 1050. The number of rotatable bonds is 5. The Labute approximate surface area is 237 Å². The van der Waals surface area contributed by atoms with Crippen LogP contribution in [0.3, 0.4) is 0 Å². The molecule has 5 saturated carbocycles. The molecule has 2 saturated heterocycles. The first-order valence-electron chi connectivity index (χ1n) is 14.9. The molecule has 224 valence electrons. The molecule has 0 atom stereocenters. The molecule has 7 fully saturated rings. The van der Waals surface area contributed by atoms with Gasteiger partial charge in [-0.25, -0.2) is 0 Å². The zero-order valence-corrected chi connectivity index (χ0v) is 24.2. The summed E-state index contributed by atoms with van der Waals surface area (Å²) in [5.74, 6) is 2.56. The molecule has 0 amide bonds. The van der Waals surface area contributed by atoms with Crippen LogP contribution < -0.4 is 4.74 Å². The van der Waals surface area contributed by atoms with Crippen molar-refractivity contribution in [3.63, 3.8) is 0 Å². The number of hydrogen-bond donors (Lipinski definition) is 1. The Morgan fingerprint density at radius 2 is 1.45 bits per heavy atom. The van der Waals surface area contributed by atoms with Gasteiger partial charge in [0.05, 0.1) is 19.5 Å². The predicted octanol–water partition coefficient (Wildman–Crippen LogP) is 4.32. The third kappa shape index (κ3) is 6.52. The van der Waals surface area contributed by atoms with E-state index >= 15 is 0 Å². The summed E-state index contributed by atoms with van der Waals surface area (Å²) in [6.07, 6.45) is 10.5. The van der Waals surface area contributed by atoms with Crippen molar-refractivity contribution in [3.05, 3.63) is 29.8 Å². The summed E-state index contributed by atoms with van der Waals surface area (Å²) < 4.78 is 37.3. The van der Waals surface area contributed by atoms with E-state index in [2.05, 4.69) is 29.2 Å². The second kappa shape index (κ2) is 11.8. The second-order valence-corrected chi connectivity index (χ2v) is 14.1. The molecule has 1 aromatic rings. The van der Waals surface area contributed by atoms with Gasteiger partial charge in [0, 0.05) is 44.3 Å². The Morgan fingerprint density at radius 1 is 0.900 bits per heavy atom. The van der Waals surface area contributed by atoms with Gasteiger partial charge >= 0.3 is 0 Å². The van der Waals surface area contributed by atoms with Gasteiger partial charge in [-0.2, -0.15) is 28.0 Å². The van der Waals surface area contributed by atoms with Crippen LogP contribution in [-0.2, 0) is 34.4 Å². The molecule has 1 N–H and O–H groups in total. The lowest BCUT2D eigenvalue weighted by molar-refractivity contribution is -0.680. The van der Waals surface area contributed by atoms with E-state index in [4.69, 9.17) is 33.6 Å². The molecule has 0 unspecified atom stereocenters. The van der Waals surface area contributed by atoms with Crippen LogP contribution in [0.4, 0.5) is 0 Å². The summed E-state index contributed by atoms with van der Waals surface area (Å²) >= 11 is 0. The lowest BCUT2D eigenvalue weighted by atomic mass is 9.53. The van der Waals surface area contributed by atoms with Crippen LogP contribution in [0.15, 0.2) is 24.3 Å². The third-order valence-corrected chi connectivity index (χ3v) is 9.80. The standard InChI is InChI=1S/C28H39NO6.CH4O3S/c1-3-26(31-14-11-29-9-12-30-13-10-29)4-2-22(1)23-5-7-27(8-6-23)32-34-28(35-33-27)24-16-20-15-21(18-24)19-25(28)17-20;1-5(2,3)4/h1-4,20-21,23-25H,5-19H2;1H3,(H,2,3,4). The number of hydrogen-bond acceptors (Lipinski definition) is 9. The lowest BCUT2D eigenvalue weighted by Gasteiger charge is -2.60. The van der Waals surface area contributed by atoms with Gasteiger partial charge in [-0.3, -0.25) is 9.45 Å². The highest BCUT2D eigenvalue weighted by atomic mass is 32.2. The molecular formula is C29H43NO9S. The van der Waals surface area contributed by atoms with Crippen LogP contribution in [0.25, 0.3) is 0 Å². The van der Waals surface area contributed by atoms with Gasteiger partial charge in [-0.15, -0.1) is 0 Å². The van der Waals surface area contributed by atoms with Crippen LogP contribution >= 0.6 is 0 Å². The predicted molar refractivity (Wildman–Crippen MR) is 145 cm³/mol. The van der Waals surface area contributed by atoms with Crippen molar-refractivity contribution in [1.82, 2.24) is 4.90 Å². The molecule has 5 aliphatic carbocycles. The van der Waals surface area contributed by atoms with Crippen molar-refractivity contribution in [3.8, 4) is 5.75 Å². The lowest BCUT2D eigenvalue weighted by Crippen LogP contribution is -2.64. The van der Waals surface area contributed by atoms with E-state index in [0.29, 0.717) is 30.6 Å². The molecule has 1 aromatic carbocycles. The maximum absolute atomic E-state index is 9.19. The molecule has 4 bridgehead atoms. The minimum Gasteiger partial charge on any atom is -0.492 e. The van der Waals surface area contributed by atoms with E-state index in [9.17, 15) is 8.42 Å². The largest absolute Gasteiger partial charge is 0.492 e. The monoisotopic (exact) mass is 581 g/mol. The van der Waals surface area contributed by atoms with E-state index in [0.717, 1.165) is 76.1 Å². The van der Waals surface area contributed by atoms with Crippen LogP contribution in [0, 0.1) is 23.7 Å². The third-order valence-electron chi connectivity index (χ3n) is 9.80. The molecule has 11 heteroatoms. The van der Waals surface area contributed by atoms with Crippen molar-refractivity contribution < 1.29 is 42.0 Å². The highest BCUT2D eigenvalue weighted by Gasteiger charge is 2.64. The zero-order valence-electron chi connectivity index (χ0n) is 23.4. The van der Waals surface area contributed by atoms with Crippen LogP contribution in [0.5, 0.6) is 5.75 Å². The zero-order chi connectivity index (χ0) is 27.8. The van der Waals surface area contributed by atoms with Crippen molar-refractivity contribution in [2.75, 3.05) is 45.7 Å². The van der Waals surface area contributed by atoms with Crippen LogP contribution in [0.2, 0.25) is 0 Å². The van der Waals surface area contributed by atoms with Crippen molar-refractivity contribution in [2.45, 2.75) is 75.3 Å². The highest BCUT2D eigenvalue weighted by Crippen LogP contribution is 2.62. The maximum atomic E-state index is 9.19. The van der Waals surface area contributed by atoms with Crippen molar-refractivity contribution in [2.24, 2.45) is 23.7 Å². The van der Waals surface area contributed by atoms with E-state index in [1.54, 1.807) is 0 Å². The summed E-state index contributed by atoms with van der Waals surface area (Å²) in [5, 5.41) is 0. The van der Waals surface area contributed by atoms with Crippen LogP contribution in [-0.4, -0.2) is 75.2 Å². The van der Waals surface area contributed by atoms with Gasteiger partial charge in [-0.1, -0.05) is 12.1 Å². The molecule has 7 aliphatic rings. The minimum absolute atomic E-state index is 0.419. The molecule has 0 radical (unpaired) electrons. The molecule has 10 nitrogen and oxygen atoms in total. The van der Waals surface area contributed by atoms with Gasteiger partial charge in [-0.05, 0) is 80.4 Å². The van der Waals surface area contributed by atoms with Gasteiger partial charge < -0.3 is 9.47 Å². The summed E-state index contributed by atoms with van der Waals surface area (Å²) in [4.78, 5) is 27.0. The van der Waals surface area contributed by atoms with Crippen LogP contribution in [0.1, 0.15) is 69.3 Å². The number of morpholine rings is 1. The Kier molecular flexibility index (Phi) is 8.46. The van der Waals surface area contributed by atoms with Crippen molar-refractivity contribution in [1.29, 1.82) is 0 Å². The fourth-order valence-electron chi connectivity index (χ4n) is 7.93. The fourth-order valence-corrected chi connectivity index (χ4v) is 7.93. The topological polar surface area (TPSA) is 113 Å². The van der Waals surface area contributed by atoms with Gasteiger partial charge in [0.15, 0.2) is 0 Å². The SMILES string of the molecule is CS(=O)(=O)O.c1cc(C2CCC3(CC2)OOC2(OO3)C3CC4CC(C3)CC2C4)ccc1OCCN1CCOCC1. The van der Waals surface area contributed by atoms with Gasteiger partial charge in [0.25, 0.3) is 10.1 Å². The van der Waals surface area contributed by atoms with Gasteiger partial charge in [0.2, 0.25) is 11.6 Å². The highest BCUT2D eigenvalue weighted by molar-refractivity contribution is 7.85.